The Balaban J connectivity index is 1.57. The van der Waals surface area contributed by atoms with Crippen LogP contribution in [0.3, 0.4) is 0 Å². The Bertz CT molecular complexity index is 938. The Morgan fingerprint density at radius 1 is 1.15 bits per heavy atom. The molecule has 2 aromatic carbocycles. The summed E-state index contributed by atoms with van der Waals surface area (Å²) in [5.41, 5.74) is 2.11. The SMILES string of the molecule is CC(=O)c1ccc(OCC(=O)Nc2nc(-c3ccccc3Cl)cs2)cc1. The Morgan fingerprint density at radius 2 is 1.88 bits per heavy atom. The maximum absolute atomic E-state index is 12.0. The van der Waals surface area contributed by atoms with Crippen LogP contribution in [0, 0.1) is 0 Å². The molecule has 0 bridgehead atoms. The normalized spacial score (nSPS) is 10.4. The lowest BCUT2D eigenvalue weighted by Crippen LogP contribution is -2.20. The van der Waals surface area contributed by atoms with Gasteiger partial charge in [-0.25, -0.2) is 4.98 Å². The van der Waals surface area contributed by atoms with Gasteiger partial charge in [0.2, 0.25) is 0 Å². The molecule has 0 aliphatic heterocycles. The smallest absolute Gasteiger partial charge is 0.264 e. The summed E-state index contributed by atoms with van der Waals surface area (Å²) in [7, 11) is 0. The van der Waals surface area contributed by atoms with E-state index in [1.165, 1.54) is 18.3 Å². The molecule has 0 radical (unpaired) electrons. The second kappa shape index (κ2) is 8.12. The minimum absolute atomic E-state index is 0.0209. The summed E-state index contributed by atoms with van der Waals surface area (Å²) in [5.74, 6) is 0.175. The van der Waals surface area contributed by atoms with Crippen LogP contribution in [0.5, 0.6) is 5.75 Å². The van der Waals surface area contributed by atoms with E-state index in [4.69, 9.17) is 16.3 Å². The van der Waals surface area contributed by atoms with Crippen molar-refractivity contribution in [3.63, 3.8) is 0 Å². The number of rotatable bonds is 6. The van der Waals surface area contributed by atoms with E-state index in [2.05, 4.69) is 10.3 Å². The summed E-state index contributed by atoms with van der Waals surface area (Å²) in [5, 5.41) is 5.61. The van der Waals surface area contributed by atoms with E-state index in [0.717, 1.165) is 5.56 Å². The van der Waals surface area contributed by atoms with E-state index in [1.807, 2.05) is 23.6 Å². The first-order valence-corrected chi connectivity index (χ1v) is 9.03. The first-order valence-electron chi connectivity index (χ1n) is 7.77. The van der Waals surface area contributed by atoms with Gasteiger partial charge in [0.1, 0.15) is 5.75 Å². The van der Waals surface area contributed by atoms with Crippen molar-refractivity contribution in [3.05, 3.63) is 64.5 Å². The van der Waals surface area contributed by atoms with Crippen molar-refractivity contribution in [2.45, 2.75) is 6.92 Å². The number of nitrogens with zero attached hydrogens (tertiary/aromatic N) is 1. The number of nitrogens with one attached hydrogen (secondary N) is 1. The predicted octanol–water partition coefficient (Wildman–Crippen LogP) is 4.68. The van der Waals surface area contributed by atoms with Crippen molar-refractivity contribution in [1.82, 2.24) is 4.98 Å². The molecule has 1 N–H and O–H groups in total. The number of anilines is 1. The number of hydrogen-bond donors (Lipinski definition) is 1. The standard InChI is InChI=1S/C19H15ClN2O3S/c1-12(23)13-6-8-14(9-7-13)25-10-18(24)22-19-21-17(11-26-19)15-4-2-3-5-16(15)20/h2-9,11H,10H2,1H3,(H,21,22,24). The van der Waals surface area contributed by atoms with Crippen molar-refractivity contribution in [1.29, 1.82) is 0 Å². The van der Waals surface area contributed by atoms with E-state index >= 15 is 0 Å². The molecule has 0 saturated heterocycles. The van der Waals surface area contributed by atoms with Crippen LogP contribution in [0.25, 0.3) is 11.3 Å². The topological polar surface area (TPSA) is 68.3 Å². The van der Waals surface area contributed by atoms with E-state index < -0.39 is 0 Å². The molecule has 1 amide bonds. The van der Waals surface area contributed by atoms with Gasteiger partial charge in [-0.3, -0.25) is 14.9 Å². The van der Waals surface area contributed by atoms with Gasteiger partial charge in [0.25, 0.3) is 5.91 Å². The molecule has 0 spiro atoms. The molecule has 1 aromatic heterocycles. The summed E-state index contributed by atoms with van der Waals surface area (Å²) in [6, 6.07) is 14.0. The van der Waals surface area contributed by atoms with Gasteiger partial charge >= 0.3 is 0 Å². The monoisotopic (exact) mass is 386 g/mol. The molecule has 0 unspecified atom stereocenters. The lowest BCUT2D eigenvalue weighted by Gasteiger charge is -2.06. The minimum atomic E-state index is -0.319. The molecular formula is C19H15ClN2O3S. The summed E-state index contributed by atoms with van der Waals surface area (Å²) in [6.07, 6.45) is 0. The van der Waals surface area contributed by atoms with Crippen molar-refractivity contribution >= 4 is 39.8 Å². The number of thiazole rings is 1. The highest BCUT2D eigenvalue weighted by Gasteiger charge is 2.11. The van der Waals surface area contributed by atoms with Crippen LogP contribution in [-0.2, 0) is 4.79 Å². The van der Waals surface area contributed by atoms with Crippen LogP contribution in [0.2, 0.25) is 5.02 Å². The molecule has 0 aliphatic carbocycles. The van der Waals surface area contributed by atoms with E-state index in [9.17, 15) is 9.59 Å². The van der Waals surface area contributed by atoms with Gasteiger partial charge in [-0.1, -0.05) is 29.8 Å². The molecule has 3 rings (SSSR count). The average molecular weight is 387 g/mol. The van der Waals surface area contributed by atoms with Gasteiger partial charge in [-0.2, -0.15) is 0 Å². The number of amides is 1. The molecule has 26 heavy (non-hydrogen) atoms. The fourth-order valence-corrected chi connectivity index (χ4v) is 3.17. The first kappa shape index (κ1) is 18.1. The number of hydrogen-bond acceptors (Lipinski definition) is 5. The van der Waals surface area contributed by atoms with E-state index in [1.54, 1.807) is 30.3 Å². The molecule has 7 heteroatoms. The van der Waals surface area contributed by atoms with Crippen LogP contribution in [0.4, 0.5) is 5.13 Å². The number of Topliss-reactive ketones (excluding diaryl/α,β-unsaturated/α-hetero) is 1. The number of carbonyl (C=O) groups is 2. The zero-order valence-corrected chi connectivity index (χ0v) is 15.4. The molecule has 0 atom stereocenters. The molecular weight excluding hydrogens is 372 g/mol. The zero-order chi connectivity index (χ0) is 18.5. The number of halogens is 1. The number of benzene rings is 2. The fourth-order valence-electron chi connectivity index (χ4n) is 2.21. The number of carbonyl (C=O) groups excluding carboxylic acids is 2. The predicted molar refractivity (Wildman–Crippen MR) is 103 cm³/mol. The number of ketones is 1. The zero-order valence-electron chi connectivity index (χ0n) is 13.9. The fraction of sp³-hybridized carbons (Fsp3) is 0.105. The molecule has 0 aliphatic rings. The summed E-state index contributed by atoms with van der Waals surface area (Å²) in [4.78, 5) is 27.6. The highest BCUT2D eigenvalue weighted by Crippen LogP contribution is 2.30. The maximum Gasteiger partial charge on any atom is 0.264 e. The second-order valence-corrected chi connectivity index (χ2v) is 6.70. The first-order chi connectivity index (χ1) is 12.5. The maximum atomic E-state index is 12.0. The second-order valence-electron chi connectivity index (χ2n) is 5.44. The Labute approximate surface area is 159 Å². The molecule has 5 nitrogen and oxygen atoms in total. The van der Waals surface area contributed by atoms with Gasteiger partial charge in [0.15, 0.2) is 17.5 Å². The summed E-state index contributed by atoms with van der Waals surface area (Å²) >= 11 is 7.47. The van der Waals surface area contributed by atoms with E-state index in [-0.39, 0.29) is 18.3 Å². The van der Waals surface area contributed by atoms with Gasteiger partial charge in [0, 0.05) is 21.5 Å². The third-order valence-electron chi connectivity index (χ3n) is 3.53. The van der Waals surface area contributed by atoms with Crippen molar-refractivity contribution < 1.29 is 14.3 Å². The Hall–Kier alpha value is -2.70. The lowest BCUT2D eigenvalue weighted by molar-refractivity contribution is -0.118. The van der Waals surface area contributed by atoms with Gasteiger partial charge in [0.05, 0.1) is 5.69 Å². The quantitative estimate of drug-likeness (QED) is 0.624. The molecule has 132 valence electrons. The van der Waals surface area contributed by atoms with Crippen LogP contribution < -0.4 is 10.1 Å². The number of ether oxygens (including phenoxy) is 1. The van der Waals surface area contributed by atoms with Gasteiger partial charge in [-0.15, -0.1) is 11.3 Å². The van der Waals surface area contributed by atoms with Crippen LogP contribution in [0.15, 0.2) is 53.9 Å². The van der Waals surface area contributed by atoms with Crippen molar-refractivity contribution in [3.8, 4) is 17.0 Å². The van der Waals surface area contributed by atoms with Gasteiger partial charge in [-0.05, 0) is 37.3 Å². The largest absolute Gasteiger partial charge is 0.484 e. The number of aromatic nitrogens is 1. The Kier molecular flexibility index (Phi) is 5.65. The molecule has 3 aromatic rings. The summed E-state index contributed by atoms with van der Waals surface area (Å²) < 4.78 is 5.42. The average Bonchev–Trinajstić information content (AvgIpc) is 3.09. The van der Waals surface area contributed by atoms with Gasteiger partial charge < -0.3 is 4.74 Å². The Morgan fingerprint density at radius 3 is 2.58 bits per heavy atom. The summed E-state index contributed by atoms with van der Waals surface area (Å²) in [6.45, 7) is 1.34. The van der Waals surface area contributed by atoms with Crippen molar-refractivity contribution in [2.75, 3.05) is 11.9 Å². The van der Waals surface area contributed by atoms with E-state index in [0.29, 0.717) is 27.2 Å². The highest BCUT2D eigenvalue weighted by atomic mass is 35.5. The van der Waals surface area contributed by atoms with Crippen molar-refractivity contribution in [2.24, 2.45) is 0 Å². The van der Waals surface area contributed by atoms with Crippen LogP contribution in [-0.4, -0.2) is 23.3 Å². The van der Waals surface area contributed by atoms with Crippen LogP contribution >= 0.6 is 22.9 Å². The minimum Gasteiger partial charge on any atom is -0.484 e. The van der Waals surface area contributed by atoms with Crippen LogP contribution in [0.1, 0.15) is 17.3 Å². The lowest BCUT2D eigenvalue weighted by atomic mass is 10.1. The highest BCUT2D eigenvalue weighted by molar-refractivity contribution is 7.14. The molecule has 0 fully saturated rings. The molecule has 1 heterocycles. The third-order valence-corrected chi connectivity index (χ3v) is 4.62. The third kappa shape index (κ3) is 4.47. The molecule has 0 saturated carbocycles.